The second kappa shape index (κ2) is 11.5. The van der Waals surface area contributed by atoms with Crippen molar-refractivity contribution in [3.05, 3.63) is 30.1 Å². The number of pyridine rings is 1. The van der Waals surface area contributed by atoms with E-state index in [1.165, 1.54) is 5.56 Å². The number of rotatable bonds is 1. The van der Waals surface area contributed by atoms with Gasteiger partial charge in [0.05, 0.1) is 0 Å². The van der Waals surface area contributed by atoms with Crippen LogP contribution in [0.4, 0.5) is 0 Å². The fourth-order valence-electron chi connectivity index (χ4n) is 0.748. The van der Waals surface area contributed by atoms with E-state index in [4.69, 9.17) is 0 Å². The molecule has 2 heteroatoms. The lowest BCUT2D eigenvalue weighted by atomic mass is 10.1. The summed E-state index contributed by atoms with van der Waals surface area (Å²) in [6.45, 7) is 8.35. The predicted octanol–water partition coefficient (Wildman–Crippen LogP) is 3.98. The van der Waals surface area contributed by atoms with Crippen LogP contribution in [0, 0.1) is 0 Å². The minimum atomic E-state index is 0. The molecule has 0 saturated carbocycles. The largest absolute Gasteiger partial charge is 0.265 e. The van der Waals surface area contributed by atoms with Crippen LogP contribution in [0.3, 0.4) is 0 Å². The van der Waals surface area contributed by atoms with Gasteiger partial charge in [-0.1, -0.05) is 35.1 Å². The molecule has 1 rings (SSSR count). The topological polar surface area (TPSA) is 12.9 Å². The number of nitrogens with zero attached hydrogens (tertiary/aromatic N) is 1. The third kappa shape index (κ3) is 7.85. The Labute approximate surface area is 90.0 Å². The first kappa shape index (κ1) is 18.3. The molecule has 0 saturated heterocycles. The van der Waals surface area contributed by atoms with Gasteiger partial charge in [-0.2, -0.15) is 13.5 Å². The van der Waals surface area contributed by atoms with Crippen LogP contribution < -0.4 is 0 Å². The lowest BCUT2D eigenvalue weighted by Crippen LogP contribution is -1.85. The summed E-state index contributed by atoms with van der Waals surface area (Å²) in [6.07, 6.45) is 3.66. The van der Waals surface area contributed by atoms with Crippen LogP contribution >= 0.6 is 13.5 Å². The molecule has 0 aliphatic rings. The van der Waals surface area contributed by atoms with E-state index in [0.717, 1.165) is 0 Å². The van der Waals surface area contributed by atoms with E-state index >= 15 is 0 Å². The maximum absolute atomic E-state index is 3.93. The molecule has 0 unspecified atom stereocenters. The maximum atomic E-state index is 3.93. The molecule has 0 atom stereocenters. The fraction of sp³-hybridized carbons (Fsp3) is 0.545. The normalized spacial score (nSPS) is 7.46. The molecular weight excluding hydrogens is 178 g/mol. The monoisotopic (exact) mass is 201 g/mol. The van der Waals surface area contributed by atoms with Crippen molar-refractivity contribution in [2.45, 2.75) is 41.0 Å². The lowest BCUT2D eigenvalue weighted by Gasteiger charge is -2.01. The Morgan fingerprint density at radius 2 is 1.46 bits per heavy atom. The number of hydrogen-bond donors (Lipinski definition) is 0. The van der Waals surface area contributed by atoms with Crippen molar-refractivity contribution >= 4 is 13.5 Å². The Bertz CT molecular complexity index is 173. The van der Waals surface area contributed by atoms with E-state index in [1.54, 1.807) is 0 Å². The van der Waals surface area contributed by atoms with E-state index in [1.807, 2.05) is 38.4 Å². The van der Waals surface area contributed by atoms with E-state index in [0.29, 0.717) is 5.92 Å². The van der Waals surface area contributed by atoms with Gasteiger partial charge in [0.2, 0.25) is 0 Å². The van der Waals surface area contributed by atoms with Crippen LogP contribution in [0.1, 0.15) is 46.6 Å². The quantitative estimate of drug-likeness (QED) is 0.669. The smallest absolute Gasteiger partial charge is 0.0270 e. The van der Waals surface area contributed by atoms with Crippen LogP contribution in [-0.2, 0) is 0 Å². The highest BCUT2D eigenvalue weighted by Crippen LogP contribution is 2.10. The average Bonchev–Trinajstić information content (AvgIpc) is 2.10. The lowest BCUT2D eigenvalue weighted by molar-refractivity contribution is 0.863. The zero-order chi connectivity index (χ0) is 8.69. The van der Waals surface area contributed by atoms with Crippen LogP contribution in [0.25, 0.3) is 0 Å². The van der Waals surface area contributed by atoms with Crippen LogP contribution in [0.2, 0.25) is 0 Å². The fourth-order valence-corrected chi connectivity index (χ4v) is 0.748. The van der Waals surface area contributed by atoms with Gasteiger partial charge < -0.3 is 0 Å². The van der Waals surface area contributed by atoms with Crippen molar-refractivity contribution in [1.82, 2.24) is 4.98 Å². The second-order valence-corrected chi connectivity index (χ2v) is 2.44. The molecule has 0 fully saturated rings. The summed E-state index contributed by atoms with van der Waals surface area (Å²) in [5, 5.41) is 0. The summed E-state index contributed by atoms with van der Waals surface area (Å²) in [5.74, 6) is 0.619. The molecule has 78 valence electrons. The van der Waals surface area contributed by atoms with Gasteiger partial charge in [-0.3, -0.25) is 4.98 Å². The van der Waals surface area contributed by atoms with E-state index in [-0.39, 0.29) is 20.9 Å². The zero-order valence-corrected chi connectivity index (χ0v) is 9.33. The first-order valence-corrected chi connectivity index (χ1v) is 4.20. The van der Waals surface area contributed by atoms with Crippen molar-refractivity contribution in [2.24, 2.45) is 0 Å². The third-order valence-corrected chi connectivity index (χ3v) is 1.37. The molecular formula is C11H23NS. The van der Waals surface area contributed by atoms with Crippen LogP contribution in [0.15, 0.2) is 24.5 Å². The SMILES string of the molecule is C.CC.CC(C)c1ccncc1.S. The Balaban J connectivity index is -0.000000234. The van der Waals surface area contributed by atoms with Gasteiger partial charge >= 0.3 is 0 Å². The van der Waals surface area contributed by atoms with Gasteiger partial charge in [-0.25, -0.2) is 0 Å². The van der Waals surface area contributed by atoms with Gasteiger partial charge in [-0.15, -0.1) is 0 Å². The molecule has 1 aromatic heterocycles. The molecule has 0 spiro atoms. The molecule has 0 N–H and O–H groups in total. The van der Waals surface area contributed by atoms with Crippen LogP contribution in [-0.4, -0.2) is 4.98 Å². The van der Waals surface area contributed by atoms with Gasteiger partial charge in [0, 0.05) is 12.4 Å². The Kier molecular flexibility index (Phi) is 16.2. The molecule has 1 heterocycles. The highest BCUT2D eigenvalue weighted by atomic mass is 32.1. The van der Waals surface area contributed by atoms with Crippen LogP contribution in [0.5, 0.6) is 0 Å². The molecule has 1 aromatic rings. The minimum Gasteiger partial charge on any atom is -0.265 e. The highest BCUT2D eigenvalue weighted by molar-refractivity contribution is 7.59. The predicted molar refractivity (Wildman–Crippen MR) is 66.8 cm³/mol. The maximum Gasteiger partial charge on any atom is 0.0270 e. The second-order valence-electron chi connectivity index (χ2n) is 2.44. The minimum absolute atomic E-state index is 0. The molecule has 1 nitrogen and oxygen atoms in total. The molecule has 0 aromatic carbocycles. The zero-order valence-electron chi connectivity index (χ0n) is 8.33. The Morgan fingerprint density at radius 1 is 1.08 bits per heavy atom. The Hall–Kier alpha value is -0.500. The average molecular weight is 201 g/mol. The van der Waals surface area contributed by atoms with Gasteiger partial charge in [0.25, 0.3) is 0 Å². The Morgan fingerprint density at radius 3 is 1.69 bits per heavy atom. The number of aromatic nitrogens is 1. The molecule has 0 radical (unpaired) electrons. The van der Waals surface area contributed by atoms with Crippen molar-refractivity contribution in [2.75, 3.05) is 0 Å². The summed E-state index contributed by atoms with van der Waals surface area (Å²) >= 11 is 0. The highest BCUT2D eigenvalue weighted by Gasteiger charge is 1.93. The summed E-state index contributed by atoms with van der Waals surface area (Å²) in [4.78, 5) is 3.93. The van der Waals surface area contributed by atoms with Gasteiger partial charge in [0.1, 0.15) is 0 Å². The van der Waals surface area contributed by atoms with E-state index < -0.39 is 0 Å². The van der Waals surface area contributed by atoms with Crippen molar-refractivity contribution in [3.8, 4) is 0 Å². The summed E-state index contributed by atoms with van der Waals surface area (Å²) in [5.41, 5.74) is 1.35. The summed E-state index contributed by atoms with van der Waals surface area (Å²) < 4.78 is 0. The molecule has 0 bridgehead atoms. The molecule has 0 aliphatic heterocycles. The summed E-state index contributed by atoms with van der Waals surface area (Å²) in [7, 11) is 0. The van der Waals surface area contributed by atoms with Gasteiger partial charge in [-0.05, 0) is 23.6 Å². The van der Waals surface area contributed by atoms with Crippen molar-refractivity contribution in [1.29, 1.82) is 0 Å². The third-order valence-electron chi connectivity index (χ3n) is 1.37. The standard InChI is InChI=1S/C8H11N.C2H6.CH4.H2S/c1-7(2)8-3-5-9-6-4-8;1-2;;/h3-7H,1-2H3;1-2H3;1H4;1H2. The summed E-state index contributed by atoms with van der Waals surface area (Å²) in [6, 6.07) is 4.09. The van der Waals surface area contributed by atoms with Crippen molar-refractivity contribution < 1.29 is 0 Å². The van der Waals surface area contributed by atoms with Crippen molar-refractivity contribution in [3.63, 3.8) is 0 Å². The first-order chi connectivity index (χ1) is 5.30. The molecule has 0 amide bonds. The molecule has 0 aliphatic carbocycles. The number of hydrogen-bond acceptors (Lipinski definition) is 1. The van der Waals surface area contributed by atoms with E-state index in [9.17, 15) is 0 Å². The molecule has 13 heavy (non-hydrogen) atoms. The van der Waals surface area contributed by atoms with Gasteiger partial charge in [0.15, 0.2) is 0 Å². The van der Waals surface area contributed by atoms with E-state index in [2.05, 4.69) is 18.8 Å². The first-order valence-electron chi connectivity index (χ1n) is 4.20.